The molecule has 1 atom stereocenters. The van der Waals surface area contributed by atoms with Gasteiger partial charge in [-0.05, 0) is 13.0 Å². The molecule has 5 nitrogen and oxygen atoms in total. The summed E-state index contributed by atoms with van der Waals surface area (Å²) in [6, 6.07) is 8.48. The molecule has 1 aliphatic rings. The lowest BCUT2D eigenvalue weighted by molar-refractivity contribution is -0.130. The Hall–Kier alpha value is -1.59. The number of hydrogen-bond donors (Lipinski definition) is 1. The molecule has 1 aromatic carbocycles. The third kappa shape index (κ3) is 4.72. The number of piperazine rings is 1. The van der Waals surface area contributed by atoms with Crippen molar-refractivity contribution >= 4 is 5.91 Å². The summed E-state index contributed by atoms with van der Waals surface area (Å²) in [6.07, 6.45) is 0. The van der Waals surface area contributed by atoms with Crippen molar-refractivity contribution in [1.82, 2.24) is 15.1 Å². The number of amides is 1. The topological polar surface area (TPSA) is 44.8 Å². The highest BCUT2D eigenvalue weighted by atomic mass is 16.5. The van der Waals surface area contributed by atoms with Gasteiger partial charge in [0, 0.05) is 51.9 Å². The number of carbonyl (C=O) groups is 1. The van der Waals surface area contributed by atoms with E-state index in [1.807, 2.05) is 18.2 Å². The number of hydrogen-bond acceptors (Lipinski definition) is 4. The van der Waals surface area contributed by atoms with Gasteiger partial charge >= 0.3 is 0 Å². The monoisotopic (exact) mass is 291 g/mol. The largest absolute Gasteiger partial charge is 0.483 e. The van der Waals surface area contributed by atoms with Crippen molar-refractivity contribution in [3.63, 3.8) is 0 Å². The van der Waals surface area contributed by atoms with E-state index in [-0.39, 0.29) is 12.5 Å². The molecule has 1 heterocycles. The molecule has 1 unspecified atom stereocenters. The summed E-state index contributed by atoms with van der Waals surface area (Å²) in [5.74, 6) is 0.777. The Morgan fingerprint density at radius 3 is 2.90 bits per heavy atom. The fourth-order valence-electron chi connectivity index (χ4n) is 2.44. The zero-order chi connectivity index (χ0) is 15.2. The third-order valence-corrected chi connectivity index (χ3v) is 3.67. The molecule has 0 spiro atoms. The van der Waals surface area contributed by atoms with E-state index in [0.29, 0.717) is 6.04 Å². The van der Waals surface area contributed by atoms with E-state index >= 15 is 0 Å². The summed E-state index contributed by atoms with van der Waals surface area (Å²) >= 11 is 0. The normalized spacial score (nSPS) is 19.3. The minimum Gasteiger partial charge on any atom is -0.483 e. The maximum Gasteiger partial charge on any atom is 0.259 e. The smallest absolute Gasteiger partial charge is 0.259 e. The van der Waals surface area contributed by atoms with Crippen LogP contribution in [0, 0.1) is 0 Å². The molecule has 1 N–H and O–H groups in total. The van der Waals surface area contributed by atoms with Crippen molar-refractivity contribution < 1.29 is 9.53 Å². The van der Waals surface area contributed by atoms with Crippen molar-refractivity contribution in [2.75, 3.05) is 40.3 Å². The molecule has 0 aromatic heterocycles. The number of likely N-dealkylation sites (N-methyl/N-ethyl adjacent to an activating group) is 1. The molecule has 116 valence electrons. The first-order chi connectivity index (χ1) is 10.1. The molecule has 1 aliphatic heterocycles. The zero-order valence-electron chi connectivity index (χ0n) is 13.1. The fourth-order valence-corrected chi connectivity index (χ4v) is 2.44. The number of benzene rings is 1. The SMILES string of the molecule is CC1CN(Cc2ccccc2OCC(=O)N(C)C)CCN1. The number of nitrogens with one attached hydrogen (secondary N) is 1. The van der Waals surface area contributed by atoms with Gasteiger partial charge in [0.15, 0.2) is 6.61 Å². The highest BCUT2D eigenvalue weighted by molar-refractivity contribution is 5.77. The van der Waals surface area contributed by atoms with Crippen LogP contribution < -0.4 is 10.1 Å². The summed E-state index contributed by atoms with van der Waals surface area (Å²) in [5.41, 5.74) is 1.14. The summed E-state index contributed by atoms with van der Waals surface area (Å²) < 4.78 is 5.70. The Kier molecular flexibility index (Phi) is 5.59. The second kappa shape index (κ2) is 7.43. The van der Waals surface area contributed by atoms with Gasteiger partial charge in [-0.3, -0.25) is 9.69 Å². The standard InChI is InChI=1S/C16H25N3O2/c1-13-10-19(9-8-17-13)11-14-6-4-5-7-15(14)21-12-16(20)18(2)3/h4-7,13,17H,8-12H2,1-3H3. The average Bonchev–Trinajstić information content (AvgIpc) is 2.46. The minimum atomic E-state index is -0.0272. The maximum atomic E-state index is 11.6. The summed E-state index contributed by atoms with van der Waals surface area (Å²) in [4.78, 5) is 15.6. The van der Waals surface area contributed by atoms with E-state index in [1.165, 1.54) is 0 Å². The van der Waals surface area contributed by atoms with Crippen molar-refractivity contribution in [3.8, 4) is 5.75 Å². The minimum absolute atomic E-state index is 0.0272. The van der Waals surface area contributed by atoms with E-state index in [0.717, 1.165) is 37.5 Å². The highest BCUT2D eigenvalue weighted by Crippen LogP contribution is 2.20. The lowest BCUT2D eigenvalue weighted by atomic mass is 10.1. The van der Waals surface area contributed by atoms with E-state index in [2.05, 4.69) is 23.2 Å². The van der Waals surface area contributed by atoms with Gasteiger partial charge in [-0.1, -0.05) is 18.2 Å². The molecular weight excluding hydrogens is 266 g/mol. The summed E-state index contributed by atoms with van der Waals surface area (Å²) in [5, 5.41) is 3.44. The molecule has 1 amide bonds. The van der Waals surface area contributed by atoms with Crippen LogP contribution in [0.2, 0.25) is 0 Å². The van der Waals surface area contributed by atoms with Crippen LogP contribution in [-0.4, -0.2) is 62.1 Å². The van der Waals surface area contributed by atoms with E-state index in [1.54, 1.807) is 19.0 Å². The number of nitrogens with zero attached hydrogens (tertiary/aromatic N) is 2. The molecule has 1 fully saturated rings. The van der Waals surface area contributed by atoms with Gasteiger partial charge in [0.05, 0.1) is 0 Å². The van der Waals surface area contributed by atoms with Crippen LogP contribution in [0.25, 0.3) is 0 Å². The van der Waals surface area contributed by atoms with Crippen molar-refractivity contribution in [3.05, 3.63) is 29.8 Å². The van der Waals surface area contributed by atoms with Gasteiger partial charge in [0.25, 0.3) is 5.91 Å². The van der Waals surface area contributed by atoms with Crippen molar-refractivity contribution in [2.45, 2.75) is 19.5 Å². The first kappa shape index (κ1) is 15.8. The Bertz CT molecular complexity index is 476. The van der Waals surface area contributed by atoms with Crippen LogP contribution in [0.4, 0.5) is 0 Å². The molecule has 2 rings (SSSR count). The Morgan fingerprint density at radius 1 is 1.43 bits per heavy atom. The van der Waals surface area contributed by atoms with E-state index < -0.39 is 0 Å². The highest BCUT2D eigenvalue weighted by Gasteiger charge is 2.17. The molecule has 0 saturated carbocycles. The first-order valence-corrected chi connectivity index (χ1v) is 7.43. The van der Waals surface area contributed by atoms with Gasteiger partial charge < -0.3 is 15.0 Å². The number of carbonyl (C=O) groups excluding carboxylic acids is 1. The fraction of sp³-hybridized carbons (Fsp3) is 0.562. The predicted octanol–water partition coefficient (Wildman–Crippen LogP) is 0.947. The Labute approximate surface area is 126 Å². The Balaban J connectivity index is 1.97. The molecule has 1 aromatic rings. The van der Waals surface area contributed by atoms with Gasteiger partial charge in [-0.15, -0.1) is 0 Å². The first-order valence-electron chi connectivity index (χ1n) is 7.43. The molecule has 1 saturated heterocycles. The van der Waals surface area contributed by atoms with Gasteiger partial charge in [0.2, 0.25) is 0 Å². The number of ether oxygens (including phenoxy) is 1. The molecular formula is C16H25N3O2. The van der Waals surface area contributed by atoms with Crippen molar-refractivity contribution in [2.24, 2.45) is 0 Å². The van der Waals surface area contributed by atoms with Gasteiger partial charge in [-0.2, -0.15) is 0 Å². The van der Waals surface area contributed by atoms with E-state index in [4.69, 9.17) is 4.74 Å². The summed E-state index contributed by atoms with van der Waals surface area (Å²) in [6.45, 7) is 6.23. The van der Waals surface area contributed by atoms with Crippen LogP contribution >= 0.6 is 0 Å². The van der Waals surface area contributed by atoms with E-state index in [9.17, 15) is 4.79 Å². The van der Waals surface area contributed by atoms with Crippen LogP contribution in [-0.2, 0) is 11.3 Å². The maximum absolute atomic E-state index is 11.6. The molecule has 5 heteroatoms. The molecule has 0 radical (unpaired) electrons. The second-order valence-corrected chi connectivity index (χ2v) is 5.77. The molecule has 21 heavy (non-hydrogen) atoms. The quantitative estimate of drug-likeness (QED) is 0.877. The molecule has 0 bridgehead atoms. The summed E-state index contributed by atoms with van der Waals surface area (Å²) in [7, 11) is 3.47. The molecule has 0 aliphatic carbocycles. The van der Waals surface area contributed by atoms with Crippen LogP contribution in [0.5, 0.6) is 5.75 Å². The van der Waals surface area contributed by atoms with Crippen LogP contribution in [0.3, 0.4) is 0 Å². The predicted molar refractivity (Wildman–Crippen MR) is 83.4 cm³/mol. The number of para-hydroxylation sites is 1. The van der Waals surface area contributed by atoms with Gasteiger partial charge in [-0.25, -0.2) is 0 Å². The van der Waals surface area contributed by atoms with Gasteiger partial charge in [0.1, 0.15) is 5.75 Å². The lowest BCUT2D eigenvalue weighted by Gasteiger charge is -2.32. The zero-order valence-corrected chi connectivity index (χ0v) is 13.1. The lowest BCUT2D eigenvalue weighted by Crippen LogP contribution is -2.48. The van der Waals surface area contributed by atoms with Crippen molar-refractivity contribution in [1.29, 1.82) is 0 Å². The number of rotatable bonds is 5. The second-order valence-electron chi connectivity index (χ2n) is 5.77. The average molecular weight is 291 g/mol. The Morgan fingerprint density at radius 2 is 2.19 bits per heavy atom. The van der Waals surface area contributed by atoms with Crippen LogP contribution in [0.15, 0.2) is 24.3 Å². The van der Waals surface area contributed by atoms with Crippen LogP contribution in [0.1, 0.15) is 12.5 Å². The third-order valence-electron chi connectivity index (χ3n) is 3.67.